The number of nitriles is 1. The quantitative estimate of drug-likeness (QED) is 0.726. The molecule has 1 aromatic rings. The van der Waals surface area contributed by atoms with E-state index in [1.807, 2.05) is 19.9 Å². The number of rotatable bonds is 8. The molecule has 0 fully saturated rings. The third-order valence-electron chi connectivity index (χ3n) is 3.46. The Labute approximate surface area is 138 Å². The van der Waals surface area contributed by atoms with Gasteiger partial charge in [-0.15, -0.1) is 0 Å². The van der Waals surface area contributed by atoms with Gasteiger partial charge in [0, 0.05) is 13.1 Å². The van der Waals surface area contributed by atoms with Crippen LogP contribution in [0.25, 0.3) is 0 Å². The zero-order valence-corrected chi connectivity index (χ0v) is 14.6. The van der Waals surface area contributed by atoms with E-state index in [0.717, 1.165) is 23.4 Å². The number of amides is 1. The first-order chi connectivity index (χ1) is 10.8. The highest BCUT2D eigenvalue weighted by atomic mass is 32.2. The van der Waals surface area contributed by atoms with Crippen molar-refractivity contribution in [1.29, 1.82) is 5.26 Å². The monoisotopic (exact) mass is 337 g/mol. The van der Waals surface area contributed by atoms with Crippen LogP contribution >= 0.6 is 0 Å². The lowest BCUT2D eigenvalue weighted by Crippen LogP contribution is -2.43. The molecule has 23 heavy (non-hydrogen) atoms. The predicted molar refractivity (Wildman–Crippen MR) is 90.5 cm³/mol. The molecule has 1 amide bonds. The van der Waals surface area contributed by atoms with Gasteiger partial charge < -0.3 is 4.90 Å². The van der Waals surface area contributed by atoms with Crippen molar-refractivity contribution in [3.05, 3.63) is 29.8 Å². The summed E-state index contributed by atoms with van der Waals surface area (Å²) in [5.74, 6) is -0.242. The second kappa shape index (κ2) is 8.53. The summed E-state index contributed by atoms with van der Waals surface area (Å²) in [6.07, 6.45) is 2.90. The van der Waals surface area contributed by atoms with Gasteiger partial charge in [0.2, 0.25) is 15.9 Å². The standard InChI is InChI=1S/C16H23N3O3S/c1-4-6-10-18(5-2)16(20)13-19(23(3,21)22)15-9-7-8-14(11-15)12-17/h7-9,11H,4-6,10,13H2,1-3H3. The number of likely N-dealkylation sites (N-methyl/N-ethyl adjacent to an activating group) is 1. The van der Waals surface area contributed by atoms with Gasteiger partial charge in [-0.25, -0.2) is 8.42 Å². The zero-order chi connectivity index (χ0) is 17.5. The number of hydrogen-bond acceptors (Lipinski definition) is 4. The maximum absolute atomic E-state index is 12.4. The van der Waals surface area contributed by atoms with Crippen LogP contribution in [0.3, 0.4) is 0 Å². The lowest BCUT2D eigenvalue weighted by molar-refractivity contribution is -0.129. The van der Waals surface area contributed by atoms with Crippen molar-refractivity contribution in [1.82, 2.24) is 4.90 Å². The van der Waals surface area contributed by atoms with E-state index in [0.29, 0.717) is 24.3 Å². The number of nitrogens with zero attached hydrogens (tertiary/aromatic N) is 3. The molecule has 1 rings (SSSR count). The zero-order valence-electron chi connectivity index (χ0n) is 13.8. The van der Waals surface area contributed by atoms with Gasteiger partial charge in [0.05, 0.1) is 23.6 Å². The molecule has 0 N–H and O–H groups in total. The molecule has 1 aromatic carbocycles. The van der Waals surface area contributed by atoms with Crippen LogP contribution in [0.2, 0.25) is 0 Å². The topological polar surface area (TPSA) is 81.5 Å². The van der Waals surface area contributed by atoms with E-state index in [1.54, 1.807) is 23.1 Å². The fourth-order valence-corrected chi connectivity index (χ4v) is 3.00. The molecule has 0 bridgehead atoms. The van der Waals surface area contributed by atoms with Crippen molar-refractivity contribution >= 4 is 21.6 Å². The molecule has 0 saturated heterocycles. The fourth-order valence-electron chi connectivity index (χ4n) is 2.16. The van der Waals surface area contributed by atoms with Crippen molar-refractivity contribution in [3.63, 3.8) is 0 Å². The van der Waals surface area contributed by atoms with E-state index in [4.69, 9.17) is 5.26 Å². The lowest BCUT2D eigenvalue weighted by Gasteiger charge is -2.26. The molecule has 0 heterocycles. The summed E-state index contributed by atoms with van der Waals surface area (Å²) in [5, 5.41) is 8.96. The number of hydrogen-bond donors (Lipinski definition) is 0. The molecule has 0 atom stereocenters. The van der Waals surface area contributed by atoms with Crippen LogP contribution in [0.15, 0.2) is 24.3 Å². The molecule has 0 aliphatic rings. The molecule has 0 aliphatic carbocycles. The van der Waals surface area contributed by atoms with E-state index in [9.17, 15) is 13.2 Å². The van der Waals surface area contributed by atoms with E-state index >= 15 is 0 Å². The number of sulfonamides is 1. The molecule has 0 unspecified atom stereocenters. The molecular weight excluding hydrogens is 314 g/mol. The van der Waals surface area contributed by atoms with Crippen LogP contribution in [0.5, 0.6) is 0 Å². The van der Waals surface area contributed by atoms with Crippen molar-refractivity contribution in [2.45, 2.75) is 26.7 Å². The van der Waals surface area contributed by atoms with Gasteiger partial charge in [-0.2, -0.15) is 5.26 Å². The normalized spacial score (nSPS) is 10.9. The summed E-state index contributed by atoms with van der Waals surface area (Å²) in [4.78, 5) is 14.1. The van der Waals surface area contributed by atoms with E-state index in [2.05, 4.69) is 0 Å². The number of anilines is 1. The summed E-state index contributed by atoms with van der Waals surface area (Å²) in [7, 11) is -3.62. The summed E-state index contributed by atoms with van der Waals surface area (Å²) in [6, 6.07) is 8.21. The van der Waals surface area contributed by atoms with Crippen LogP contribution in [0, 0.1) is 11.3 Å². The van der Waals surface area contributed by atoms with Gasteiger partial charge >= 0.3 is 0 Å². The lowest BCUT2D eigenvalue weighted by atomic mass is 10.2. The average molecular weight is 337 g/mol. The fraction of sp³-hybridized carbons (Fsp3) is 0.500. The first kappa shape index (κ1) is 19.0. The van der Waals surface area contributed by atoms with Crippen LogP contribution in [0.1, 0.15) is 32.3 Å². The molecule has 0 aromatic heterocycles. The van der Waals surface area contributed by atoms with Crippen LogP contribution in [-0.4, -0.2) is 45.1 Å². The van der Waals surface area contributed by atoms with E-state index < -0.39 is 10.0 Å². The van der Waals surface area contributed by atoms with Gasteiger partial charge in [-0.3, -0.25) is 9.10 Å². The van der Waals surface area contributed by atoms with Crippen LogP contribution < -0.4 is 4.31 Å². The number of benzene rings is 1. The van der Waals surface area contributed by atoms with Crippen LogP contribution in [0.4, 0.5) is 5.69 Å². The maximum atomic E-state index is 12.4. The Hall–Kier alpha value is -2.07. The second-order valence-electron chi connectivity index (χ2n) is 5.26. The Morgan fingerprint density at radius 2 is 2.00 bits per heavy atom. The molecule has 126 valence electrons. The number of unbranched alkanes of at least 4 members (excludes halogenated alkanes) is 1. The van der Waals surface area contributed by atoms with E-state index in [1.165, 1.54) is 6.07 Å². The summed E-state index contributed by atoms with van der Waals surface area (Å²) < 4.78 is 25.2. The Balaban J connectivity index is 3.04. The molecular formula is C16H23N3O3S. The van der Waals surface area contributed by atoms with Crippen LogP contribution in [-0.2, 0) is 14.8 Å². The Morgan fingerprint density at radius 1 is 1.30 bits per heavy atom. The smallest absolute Gasteiger partial charge is 0.243 e. The average Bonchev–Trinajstić information content (AvgIpc) is 2.52. The summed E-state index contributed by atoms with van der Waals surface area (Å²) in [5.41, 5.74) is 0.674. The van der Waals surface area contributed by atoms with E-state index in [-0.39, 0.29) is 12.5 Å². The molecule has 0 radical (unpaired) electrons. The van der Waals surface area contributed by atoms with Crippen molar-refractivity contribution in [2.75, 3.05) is 30.2 Å². The van der Waals surface area contributed by atoms with Crippen molar-refractivity contribution < 1.29 is 13.2 Å². The summed E-state index contributed by atoms with van der Waals surface area (Å²) >= 11 is 0. The van der Waals surface area contributed by atoms with Gasteiger partial charge in [0.15, 0.2) is 0 Å². The highest BCUT2D eigenvalue weighted by molar-refractivity contribution is 7.92. The van der Waals surface area contributed by atoms with Gasteiger partial charge in [0.25, 0.3) is 0 Å². The van der Waals surface area contributed by atoms with Gasteiger partial charge in [-0.1, -0.05) is 19.4 Å². The number of carbonyl (C=O) groups is 1. The third kappa shape index (κ3) is 5.57. The first-order valence-electron chi connectivity index (χ1n) is 7.59. The maximum Gasteiger partial charge on any atom is 0.243 e. The Bertz CT molecular complexity index is 680. The first-order valence-corrected chi connectivity index (χ1v) is 9.44. The van der Waals surface area contributed by atoms with Gasteiger partial charge in [-0.05, 0) is 31.5 Å². The third-order valence-corrected chi connectivity index (χ3v) is 4.60. The second-order valence-corrected chi connectivity index (χ2v) is 7.17. The van der Waals surface area contributed by atoms with Gasteiger partial charge in [0.1, 0.15) is 6.54 Å². The van der Waals surface area contributed by atoms with Crippen molar-refractivity contribution in [2.24, 2.45) is 0 Å². The Kier molecular flexibility index (Phi) is 7.04. The van der Waals surface area contributed by atoms with Crippen molar-refractivity contribution in [3.8, 4) is 6.07 Å². The summed E-state index contributed by atoms with van der Waals surface area (Å²) in [6.45, 7) is 4.80. The largest absolute Gasteiger partial charge is 0.341 e. The minimum absolute atomic E-state index is 0.242. The molecule has 7 heteroatoms. The number of carbonyl (C=O) groups excluding carboxylic acids is 1. The predicted octanol–water partition coefficient (Wildman–Crippen LogP) is 1.97. The molecule has 0 aliphatic heterocycles. The minimum Gasteiger partial charge on any atom is -0.341 e. The molecule has 0 saturated carbocycles. The highest BCUT2D eigenvalue weighted by Crippen LogP contribution is 2.19. The minimum atomic E-state index is -3.62. The highest BCUT2D eigenvalue weighted by Gasteiger charge is 2.23. The molecule has 6 nitrogen and oxygen atoms in total. The SMILES string of the molecule is CCCCN(CC)C(=O)CN(c1cccc(C#N)c1)S(C)(=O)=O. The Morgan fingerprint density at radius 3 is 2.52 bits per heavy atom. The molecule has 0 spiro atoms.